The summed E-state index contributed by atoms with van der Waals surface area (Å²) in [4.78, 5) is 36.8. The lowest BCUT2D eigenvalue weighted by molar-refractivity contribution is -0.889. The number of hydrogen-bond acceptors (Lipinski definition) is 7. The maximum atomic E-state index is 12.7. The molecule has 0 saturated heterocycles. The van der Waals surface area contributed by atoms with Crippen molar-refractivity contribution in [3.63, 3.8) is 0 Å². The Labute approximate surface area is 337 Å². The number of carboxylic acid groups (broad SMARTS) is 1. The number of rotatable bonds is 39. The van der Waals surface area contributed by atoms with Gasteiger partial charge >= 0.3 is 11.9 Å². The van der Waals surface area contributed by atoms with Gasteiger partial charge in [0.15, 0.2) is 6.10 Å². The fourth-order valence-electron chi connectivity index (χ4n) is 6.23. The Morgan fingerprint density at radius 1 is 0.545 bits per heavy atom. The van der Waals surface area contributed by atoms with Crippen molar-refractivity contribution >= 4 is 17.9 Å². The molecule has 55 heavy (non-hydrogen) atoms. The maximum absolute atomic E-state index is 12.7. The summed E-state index contributed by atoms with van der Waals surface area (Å²) in [5.41, 5.74) is 0. The monoisotopic (exact) mass is 774 g/mol. The zero-order valence-corrected chi connectivity index (χ0v) is 36.1. The van der Waals surface area contributed by atoms with E-state index >= 15 is 0 Å². The first-order valence-electron chi connectivity index (χ1n) is 22.2. The first-order valence-corrected chi connectivity index (χ1v) is 22.2. The van der Waals surface area contributed by atoms with E-state index < -0.39 is 18.1 Å². The van der Waals surface area contributed by atoms with Gasteiger partial charge in [-0.1, -0.05) is 152 Å². The number of nitrogens with zero attached hydrogens (tertiary/aromatic N) is 1. The largest absolute Gasteiger partial charge is 0.544 e. The number of carbonyl (C=O) groups is 3. The Morgan fingerprint density at radius 2 is 0.964 bits per heavy atom. The molecular formula is C47H83NO7. The van der Waals surface area contributed by atoms with Crippen molar-refractivity contribution in [2.75, 3.05) is 41.0 Å². The van der Waals surface area contributed by atoms with E-state index in [1.807, 2.05) is 0 Å². The van der Waals surface area contributed by atoms with E-state index in [0.717, 1.165) is 77.0 Å². The van der Waals surface area contributed by atoms with Crippen LogP contribution in [-0.2, 0) is 28.6 Å². The summed E-state index contributed by atoms with van der Waals surface area (Å²) in [6.07, 6.45) is 44.2. The first-order chi connectivity index (χ1) is 26.6. The molecule has 0 heterocycles. The van der Waals surface area contributed by atoms with Gasteiger partial charge in [0.05, 0.1) is 40.3 Å². The molecule has 8 nitrogen and oxygen atoms in total. The van der Waals surface area contributed by atoms with Gasteiger partial charge in [-0.05, 0) is 57.8 Å². The molecule has 0 spiro atoms. The van der Waals surface area contributed by atoms with Crippen LogP contribution in [0.15, 0.2) is 48.6 Å². The van der Waals surface area contributed by atoms with E-state index in [4.69, 9.17) is 14.2 Å². The highest BCUT2D eigenvalue weighted by Crippen LogP contribution is 2.14. The summed E-state index contributed by atoms with van der Waals surface area (Å²) in [7, 11) is 5.39. The van der Waals surface area contributed by atoms with Gasteiger partial charge in [0, 0.05) is 19.3 Å². The number of allylic oxidation sites excluding steroid dienone is 8. The van der Waals surface area contributed by atoms with Crippen LogP contribution in [0.3, 0.4) is 0 Å². The van der Waals surface area contributed by atoms with E-state index in [9.17, 15) is 19.5 Å². The summed E-state index contributed by atoms with van der Waals surface area (Å²) in [5, 5.41) is 11.6. The smallest absolute Gasteiger partial charge is 0.306 e. The molecule has 0 aliphatic heterocycles. The van der Waals surface area contributed by atoms with Gasteiger partial charge in [0.1, 0.15) is 12.6 Å². The highest BCUT2D eigenvalue weighted by molar-refractivity contribution is 5.70. The molecule has 0 amide bonds. The van der Waals surface area contributed by atoms with Gasteiger partial charge in [0.25, 0.3) is 0 Å². The van der Waals surface area contributed by atoms with Crippen LogP contribution in [0.1, 0.15) is 181 Å². The second-order valence-corrected chi connectivity index (χ2v) is 15.9. The van der Waals surface area contributed by atoms with E-state index in [0.29, 0.717) is 12.8 Å². The Morgan fingerprint density at radius 3 is 1.45 bits per heavy atom. The minimum absolute atomic E-state index is 0.0351. The highest BCUT2D eigenvalue weighted by atomic mass is 16.6. The molecule has 0 aromatic rings. The number of ether oxygens (including phenoxy) is 3. The Balaban J connectivity index is 4.31. The van der Waals surface area contributed by atoms with Gasteiger partial charge in [0.2, 0.25) is 0 Å². The van der Waals surface area contributed by atoms with Crippen molar-refractivity contribution in [1.29, 1.82) is 0 Å². The SMILES string of the molecule is CCCCC/C=C/C/C=C/C/C=C/C/C=C/CCCCCCCC(=O)OCC(COCCC(C(=O)[O-])[N+](C)(C)C)OC(=O)CCCCCCCCCCCC. The molecule has 0 aliphatic rings. The summed E-state index contributed by atoms with van der Waals surface area (Å²) in [6, 6.07) is -0.727. The van der Waals surface area contributed by atoms with Crippen LogP contribution in [0, 0.1) is 0 Å². The molecule has 0 aromatic heterocycles. The number of aliphatic carboxylic acids is 1. The normalized spacial score (nSPS) is 13.4. The van der Waals surface area contributed by atoms with Gasteiger partial charge < -0.3 is 28.6 Å². The molecule has 0 rings (SSSR count). The molecular weight excluding hydrogens is 691 g/mol. The fourth-order valence-corrected chi connectivity index (χ4v) is 6.23. The van der Waals surface area contributed by atoms with Crippen LogP contribution >= 0.6 is 0 Å². The molecule has 8 heteroatoms. The van der Waals surface area contributed by atoms with Gasteiger partial charge in [-0.15, -0.1) is 0 Å². The van der Waals surface area contributed by atoms with Crippen molar-refractivity contribution in [3.8, 4) is 0 Å². The average molecular weight is 774 g/mol. The Kier molecular flexibility index (Phi) is 36.3. The number of carboxylic acids is 1. The molecule has 0 fully saturated rings. The maximum Gasteiger partial charge on any atom is 0.306 e. The predicted molar refractivity (Wildman–Crippen MR) is 226 cm³/mol. The highest BCUT2D eigenvalue weighted by Gasteiger charge is 2.25. The van der Waals surface area contributed by atoms with Crippen molar-refractivity contribution < 1.29 is 38.2 Å². The van der Waals surface area contributed by atoms with E-state index in [-0.39, 0.29) is 42.7 Å². The molecule has 2 atom stereocenters. The number of unbranched alkanes of at least 4 members (excludes halogenated alkanes) is 17. The topological polar surface area (TPSA) is 102 Å². The summed E-state index contributed by atoms with van der Waals surface area (Å²) >= 11 is 0. The van der Waals surface area contributed by atoms with Crippen molar-refractivity contribution in [2.24, 2.45) is 0 Å². The predicted octanol–water partition coefficient (Wildman–Crippen LogP) is 10.7. The van der Waals surface area contributed by atoms with E-state index in [2.05, 4.69) is 62.5 Å². The van der Waals surface area contributed by atoms with Crippen LogP contribution in [0.25, 0.3) is 0 Å². The van der Waals surface area contributed by atoms with Crippen LogP contribution in [-0.4, -0.2) is 75.5 Å². The molecule has 0 bridgehead atoms. The Hall–Kier alpha value is -2.71. The molecule has 2 unspecified atom stereocenters. The zero-order chi connectivity index (χ0) is 40.7. The third kappa shape index (κ3) is 36.7. The summed E-state index contributed by atoms with van der Waals surface area (Å²) in [6.45, 7) is 4.59. The summed E-state index contributed by atoms with van der Waals surface area (Å²) < 4.78 is 17.1. The van der Waals surface area contributed by atoms with Gasteiger partial charge in [-0.2, -0.15) is 0 Å². The van der Waals surface area contributed by atoms with Crippen LogP contribution in [0.2, 0.25) is 0 Å². The minimum Gasteiger partial charge on any atom is -0.544 e. The van der Waals surface area contributed by atoms with Crippen molar-refractivity contribution in [3.05, 3.63) is 48.6 Å². The third-order valence-corrected chi connectivity index (χ3v) is 9.72. The molecule has 0 N–H and O–H groups in total. The van der Waals surface area contributed by atoms with Crippen LogP contribution in [0.5, 0.6) is 0 Å². The van der Waals surface area contributed by atoms with Gasteiger partial charge in [-0.3, -0.25) is 9.59 Å². The number of carbonyl (C=O) groups excluding carboxylic acids is 3. The number of quaternary nitrogens is 1. The second kappa shape index (κ2) is 38.2. The van der Waals surface area contributed by atoms with Crippen LogP contribution in [0.4, 0.5) is 0 Å². The standard InChI is InChI=1S/C47H83NO7/c1-6-8-10-12-14-16-18-19-20-21-22-23-24-25-26-27-28-30-31-33-35-37-45(49)54-42-43(41-53-40-39-44(47(51)52)48(3,4)5)55-46(50)38-36-34-32-29-17-15-13-11-9-7-2/h14,16,19-20,22-23,25-26,43-44H,6-13,15,17-18,21,24,27-42H2,1-5H3/b16-14+,20-19+,23-22+,26-25+. The molecule has 318 valence electrons. The molecule has 0 saturated carbocycles. The molecule has 0 aliphatic carbocycles. The van der Waals surface area contributed by atoms with E-state index in [1.54, 1.807) is 21.1 Å². The quantitative estimate of drug-likeness (QED) is 0.0265. The average Bonchev–Trinajstić information content (AvgIpc) is 3.14. The minimum atomic E-state index is -1.13. The summed E-state index contributed by atoms with van der Waals surface area (Å²) in [5.74, 6) is -1.76. The van der Waals surface area contributed by atoms with Crippen molar-refractivity contribution in [1.82, 2.24) is 0 Å². The lowest BCUT2D eigenvalue weighted by atomic mass is 10.1. The first kappa shape index (κ1) is 52.3. The lowest BCUT2D eigenvalue weighted by Crippen LogP contribution is -2.55. The molecule has 0 aromatic carbocycles. The lowest BCUT2D eigenvalue weighted by Gasteiger charge is -2.34. The number of esters is 2. The number of likely N-dealkylation sites (N-methyl/N-ethyl adjacent to an activating group) is 1. The Bertz CT molecular complexity index is 1040. The molecule has 0 radical (unpaired) electrons. The van der Waals surface area contributed by atoms with Crippen molar-refractivity contribution in [2.45, 2.75) is 193 Å². The number of hydrogen-bond donors (Lipinski definition) is 0. The third-order valence-electron chi connectivity index (χ3n) is 9.72. The van der Waals surface area contributed by atoms with E-state index in [1.165, 1.54) is 70.6 Å². The zero-order valence-electron chi connectivity index (χ0n) is 36.1. The second-order valence-electron chi connectivity index (χ2n) is 15.9. The van der Waals surface area contributed by atoms with Gasteiger partial charge in [-0.25, -0.2) is 0 Å². The fraction of sp³-hybridized carbons (Fsp3) is 0.766. The van der Waals surface area contributed by atoms with Crippen LogP contribution < -0.4 is 5.11 Å².